The number of carbonyl (C=O) groups is 1. The van der Waals surface area contributed by atoms with Crippen LogP contribution in [0.25, 0.3) is 5.69 Å². The Morgan fingerprint density at radius 2 is 1.74 bits per heavy atom. The van der Waals surface area contributed by atoms with E-state index in [0.717, 1.165) is 66.7 Å². The zero-order chi connectivity index (χ0) is 24.8. The molecule has 1 aromatic carbocycles. The lowest BCUT2D eigenvalue weighted by atomic mass is 10.1. The lowest BCUT2D eigenvalue weighted by Crippen LogP contribution is -2.21. The minimum absolute atomic E-state index is 0.0549. The number of nitrogens with one attached hydrogen (secondary N) is 1. The monoisotopic (exact) mass is 495 g/mol. The van der Waals surface area contributed by atoms with Crippen LogP contribution in [-0.2, 0) is 41.6 Å². The SMILES string of the molecule is CC(C)(O)c1cc([SH](N)(=O)/N=N/C(=O)Nc2c3c(nc4c2CCC4)CCC3)nn1-c1ccccc1. The lowest BCUT2D eigenvalue weighted by Gasteiger charge is -2.18. The number of nitrogens with two attached hydrogens (primary N) is 1. The number of benzene rings is 1. The quantitative estimate of drug-likeness (QED) is 0.317. The van der Waals surface area contributed by atoms with E-state index in [1.54, 1.807) is 26.0 Å². The summed E-state index contributed by atoms with van der Waals surface area (Å²) in [7, 11) is -3.99. The van der Waals surface area contributed by atoms with Gasteiger partial charge in [0.1, 0.15) is 5.60 Å². The van der Waals surface area contributed by atoms with Gasteiger partial charge in [-0.25, -0.2) is 13.7 Å². The maximum absolute atomic E-state index is 13.2. The average molecular weight is 496 g/mol. The van der Waals surface area contributed by atoms with Crippen molar-refractivity contribution < 1.29 is 14.1 Å². The Kier molecular flexibility index (Phi) is 5.86. The molecule has 5 rings (SSSR count). The van der Waals surface area contributed by atoms with Crippen molar-refractivity contribution in [1.82, 2.24) is 14.8 Å². The molecule has 0 saturated heterocycles. The molecule has 35 heavy (non-hydrogen) atoms. The number of carbonyl (C=O) groups excluding carboxylic acids is 1. The zero-order valence-corrected chi connectivity index (χ0v) is 20.6. The number of hydrogen-bond acceptors (Lipinski definition) is 5. The Labute approximate surface area is 204 Å². The molecule has 4 N–H and O–H groups in total. The highest BCUT2D eigenvalue weighted by molar-refractivity contribution is 7.99. The van der Waals surface area contributed by atoms with Gasteiger partial charge >= 0.3 is 6.03 Å². The van der Waals surface area contributed by atoms with Gasteiger partial charge in [-0.2, -0.15) is 5.10 Å². The molecule has 0 atom stereocenters. The Balaban J connectivity index is 1.42. The number of rotatable bonds is 5. The molecule has 2 heterocycles. The van der Waals surface area contributed by atoms with Crippen molar-refractivity contribution in [3.63, 3.8) is 0 Å². The molecule has 2 aliphatic carbocycles. The fourth-order valence-electron chi connectivity index (χ4n) is 4.75. The number of aryl methyl sites for hydroxylation is 2. The van der Waals surface area contributed by atoms with Crippen molar-refractivity contribution >= 4 is 22.0 Å². The van der Waals surface area contributed by atoms with Crippen LogP contribution in [0.5, 0.6) is 0 Å². The Morgan fingerprint density at radius 3 is 2.34 bits per heavy atom. The minimum atomic E-state index is -3.99. The van der Waals surface area contributed by atoms with Crippen LogP contribution in [0, 0.1) is 0 Å². The maximum atomic E-state index is 13.2. The highest BCUT2D eigenvalue weighted by Gasteiger charge is 2.29. The first kappa shape index (κ1) is 23.5. The van der Waals surface area contributed by atoms with Crippen LogP contribution in [0.3, 0.4) is 0 Å². The van der Waals surface area contributed by atoms with Gasteiger partial charge in [0.2, 0.25) is 0 Å². The van der Waals surface area contributed by atoms with Crippen LogP contribution in [0.1, 0.15) is 54.9 Å². The third-order valence-electron chi connectivity index (χ3n) is 6.40. The van der Waals surface area contributed by atoms with E-state index >= 15 is 0 Å². The summed E-state index contributed by atoms with van der Waals surface area (Å²) < 4.78 is 18.4. The van der Waals surface area contributed by atoms with E-state index < -0.39 is 21.9 Å². The van der Waals surface area contributed by atoms with Crippen LogP contribution in [0.15, 0.2) is 51.1 Å². The van der Waals surface area contributed by atoms with Gasteiger partial charge in [-0.15, -0.1) is 0 Å². The van der Waals surface area contributed by atoms with Crippen molar-refractivity contribution in [3.8, 4) is 5.69 Å². The summed E-state index contributed by atoms with van der Waals surface area (Å²) in [4.78, 5) is 17.5. The van der Waals surface area contributed by atoms with Crippen LogP contribution in [-0.4, -0.2) is 30.1 Å². The van der Waals surface area contributed by atoms with E-state index in [1.807, 2.05) is 18.2 Å². The molecule has 0 spiro atoms. The number of para-hydroxylation sites is 1. The Bertz CT molecular complexity index is 1340. The second-order valence-electron chi connectivity index (χ2n) is 9.48. The molecule has 0 saturated carbocycles. The molecule has 2 aromatic heterocycles. The first-order chi connectivity index (χ1) is 16.6. The molecule has 184 valence electrons. The van der Waals surface area contributed by atoms with Crippen LogP contribution >= 0.6 is 0 Å². The second-order valence-corrected chi connectivity index (χ2v) is 11.4. The molecule has 10 nitrogen and oxygen atoms in total. The Hall–Kier alpha value is -3.28. The molecular formula is C24H29N7O3S. The fraction of sp³-hybridized carbons (Fsp3) is 0.375. The zero-order valence-electron chi connectivity index (χ0n) is 19.7. The first-order valence-corrected chi connectivity index (χ1v) is 13.4. The normalized spacial score (nSPS) is 15.9. The van der Waals surface area contributed by atoms with Gasteiger partial charge in [0.15, 0.2) is 5.03 Å². The number of hydrogen-bond donors (Lipinski definition) is 4. The molecule has 0 aliphatic heterocycles. The molecule has 0 unspecified atom stereocenters. The van der Waals surface area contributed by atoms with Crippen molar-refractivity contribution in [2.24, 2.45) is 14.8 Å². The predicted octanol–water partition coefficient (Wildman–Crippen LogP) is 3.32. The van der Waals surface area contributed by atoms with Crippen LogP contribution < -0.4 is 10.5 Å². The van der Waals surface area contributed by atoms with Crippen LogP contribution in [0.4, 0.5) is 10.5 Å². The topological polar surface area (TPSA) is 148 Å². The number of pyridine rings is 1. The van der Waals surface area contributed by atoms with Gasteiger partial charge in [0, 0.05) is 17.5 Å². The predicted molar refractivity (Wildman–Crippen MR) is 133 cm³/mol. The number of nitrogens with zero attached hydrogens (tertiary/aromatic N) is 5. The number of aliphatic hydroxyl groups is 1. The van der Waals surface area contributed by atoms with Crippen LogP contribution in [0.2, 0.25) is 0 Å². The molecule has 11 heteroatoms. The van der Waals surface area contributed by atoms with Gasteiger partial charge in [0.05, 0.1) is 27.4 Å². The smallest absolute Gasteiger partial charge is 0.364 e. The molecule has 0 bridgehead atoms. The van der Waals surface area contributed by atoms with E-state index in [9.17, 15) is 14.1 Å². The molecular weight excluding hydrogens is 466 g/mol. The average Bonchev–Trinajstić information content (AvgIpc) is 3.56. The number of aromatic nitrogens is 3. The highest BCUT2D eigenvalue weighted by Crippen LogP contribution is 2.36. The Morgan fingerprint density at radius 1 is 1.11 bits per heavy atom. The standard InChI is InChI=1S/C24H29N7O3S/c1-24(2,33)20-14-21(29-31(20)15-8-4-3-5-9-15)35(25,34)30-28-23(32)27-22-16-10-6-12-18(16)26-19-13-7-11-17(19)22/h3-5,8-9,14,33,35H,6-7,10-13H2,1-2H3,(H2,25,34)(H,26,27,32)/b30-28+. The maximum Gasteiger partial charge on any atom is 0.364 e. The van der Waals surface area contributed by atoms with E-state index in [-0.39, 0.29) is 5.03 Å². The number of urea groups is 1. The summed E-state index contributed by atoms with van der Waals surface area (Å²) in [5, 5.41) is 27.4. The fourth-order valence-corrected chi connectivity index (χ4v) is 5.58. The molecule has 0 fully saturated rings. The number of amides is 2. The first-order valence-electron chi connectivity index (χ1n) is 11.7. The molecule has 3 aromatic rings. The van der Waals surface area contributed by atoms with Crippen molar-refractivity contribution in [1.29, 1.82) is 0 Å². The summed E-state index contributed by atoms with van der Waals surface area (Å²) in [5.74, 6) is 0. The third-order valence-corrected chi connectivity index (χ3v) is 7.63. The lowest BCUT2D eigenvalue weighted by molar-refractivity contribution is 0.0711. The number of anilines is 1. The second kappa shape index (κ2) is 8.74. The number of thiol groups is 1. The van der Waals surface area contributed by atoms with Gasteiger partial charge in [-0.05, 0) is 75.6 Å². The molecule has 2 aliphatic rings. The summed E-state index contributed by atoms with van der Waals surface area (Å²) in [5.41, 5.74) is 4.70. The summed E-state index contributed by atoms with van der Waals surface area (Å²) >= 11 is 0. The highest BCUT2D eigenvalue weighted by atomic mass is 32.3. The third kappa shape index (κ3) is 4.54. The van der Waals surface area contributed by atoms with Crippen molar-refractivity contribution in [2.75, 3.05) is 5.32 Å². The van der Waals surface area contributed by atoms with Crippen molar-refractivity contribution in [2.45, 2.75) is 63.0 Å². The largest absolute Gasteiger partial charge is 0.384 e. The van der Waals surface area contributed by atoms with Gasteiger partial charge in [-0.1, -0.05) is 27.8 Å². The van der Waals surface area contributed by atoms with E-state index in [2.05, 4.69) is 20.0 Å². The molecule has 2 amide bonds. The van der Waals surface area contributed by atoms with Crippen molar-refractivity contribution in [3.05, 3.63) is 64.6 Å². The van der Waals surface area contributed by atoms with Gasteiger partial charge < -0.3 is 10.4 Å². The van der Waals surface area contributed by atoms with E-state index in [0.29, 0.717) is 11.4 Å². The van der Waals surface area contributed by atoms with E-state index in [4.69, 9.17) is 10.1 Å². The van der Waals surface area contributed by atoms with Gasteiger partial charge in [-0.3, -0.25) is 10.1 Å². The van der Waals surface area contributed by atoms with E-state index in [1.165, 1.54) is 10.7 Å². The number of fused-ring (bicyclic) bond motifs is 2. The summed E-state index contributed by atoms with van der Waals surface area (Å²) in [6.45, 7) is 3.19. The minimum Gasteiger partial charge on any atom is -0.384 e. The summed E-state index contributed by atoms with van der Waals surface area (Å²) in [6.07, 6.45) is 5.52. The summed E-state index contributed by atoms with van der Waals surface area (Å²) in [6, 6.07) is 9.80. The van der Waals surface area contributed by atoms with Gasteiger partial charge in [0.25, 0.3) is 0 Å². The molecule has 0 radical (unpaired) electrons.